The number of methoxy groups -OCH3 is 2. The number of hydrogen-bond donors (Lipinski definition) is 0. The van der Waals surface area contributed by atoms with Crippen LogP contribution < -0.4 is 4.74 Å². The number of rotatable bonds is 17. The van der Waals surface area contributed by atoms with Gasteiger partial charge in [-0.2, -0.15) is 5.10 Å². The van der Waals surface area contributed by atoms with Crippen molar-refractivity contribution < 1.29 is 28.2 Å². The lowest BCUT2D eigenvalue weighted by Gasteiger charge is -2.36. The van der Waals surface area contributed by atoms with E-state index >= 15 is 0 Å². The predicted octanol–water partition coefficient (Wildman–Crippen LogP) is 9.47. The normalized spacial score (nSPS) is 12.6. The molecule has 0 spiro atoms. The fourth-order valence-corrected chi connectivity index (χ4v) is 7.76. The molecule has 0 amide bonds. The van der Waals surface area contributed by atoms with Crippen molar-refractivity contribution >= 4 is 44.9 Å². The molecule has 0 atom stereocenters. The Bertz CT molecular complexity index is 1750. The number of benzene rings is 2. The number of esters is 1. The highest BCUT2D eigenvalue weighted by molar-refractivity contribution is 6.76. The summed E-state index contributed by atoms with van der Waals surface area (Å²) in [7, 11) is 1.70. The van der Waals surface area contributed by atoms with Crippen molar-refractivity contribution in [2.24, 2.45) is 7.05 Å². The molecule has 2 heterocycles. The summed E-state index contributed by atoms with van der Waals surface area (Å²) < 4.78 is 33.5. The molecule has 0 N–H and O–H groups in total. The van der Waals surface area contributed by atoms with Gasteiger partial charge in [0, 0.05) is 44.8 Å². The van der Waals surface area contributed by atoms with E-state index in [1.807, 2.05) is 58.9 Å². The van der Waals surface area contributed by atoms with Gasteiger partial charge in [0.15, 0.2) is 8.32 Å². The van der Waals surface area contributed by atoms with Crippen molar-refractivity contribution in [1.82, 2.24) is 14.3 Å². The van der Waals surface area contributed by atoms with Gasteiger partial charge in [-0.1, -0.05) is 70.2 Å². The van der Waals surface area contributed by atoms with Crippen molar-refractivity contribution in [2.75, 3.05) is 27.4 Å². The summed E-state index contributed by atoms with van der Waals surface area (Å²) in [5, 5.41) is 6.21. The van der Waals surface area contributed by atoms with E-state index < -0.39 is 22.4 Å². The van der Waals surface area contributed by atoms with Crippen LogP contribution in [0.5, 0.6) is 5.75 Å². The van der Waals surface area contributed by atoms with Crippen LogP contribution in [0.1, 0.15) is 54.4 Å². The molecule has 0 aliphatic heterocycles. The van der Waals surface area contributed by atoms with Gasteiger partial charge in [0.05, 0.1) is 49.9 Å². The summed E-state index contributed by atoms with van der Waals surface area (Å²) in [4.78, 5) is 13.7. The SMILES string of the molecule is COC(=O)c1c(CCCO[Si](C)(C)C(C)(C)C)c2ccc(Cl)c(-c3c(COCc4ccc(OC)cc4)cnn3C)c2n1COCC[Si](C)(C)C. The molecule has 4 rings (SSSR count). The summed E-state index contributed by atoms with van der Waals surface area (Å²) in [5.41, 5.74) is 5.70. The summed E-state index contributed by atoms with van der Waals surface area (Å²) in [6, 6.07) is 12.7. The van der Waals surface area contributed by atoms with Crippen LogP contribution in [0.2, 0.25) is 48.8 Å². The van der Waals surface area contributed by atoms with Crippen molar-refractivity contribution in [1.29, 1.82) is 0 Å². The van der Waals surface area contributed by atoms with Crippen LogP contribution in [0, 0.1) is 0 Å². The second-order valence-electron chi connectivity index (χ2n) is 15.6. The molecular formula is C38H56ClN3O6Si2. The molecule has 4 aromatic rings. The van der Waals surface area contributed by atoms with Crippen LogP contribution in [0.25, 0.3) is 22.2 Å². The van der Waals surface area contributed by atoms with Crippen LogP contribution in [-0.4, -0.2) is 64.1 Å². The van der Waals surface area contributed by atoms with E-state index in [0.717, 1.165) is 57.1 Å². The smallest absolute Gasteiger partial charge is 0.355 e. The van der Waals surface area contributed by atoms with Crippen molar-refractivity contribution in [2.45, 2.75) is 97.4 Å². The van der Waals surface area contributed by atoms with Gasteiger partial charge in [-0.3, -0.25) is 4.68 Å². The van der Waals surface area contributed by atoms with Crippen LogP contribution in [0.3, 0.4) is 0 Å². The quantitative estimate of drug-likeness (QED) is 0.0606. The topological polar surface area (TPSA) is 86.0 Å². The lowest BCUT2D eigenvalue weighted by Crippen LogP contribution is -2.41. The van der Waals surface area contributed by atoms with Crippen molar-refractivity contribution in [3.63, 3.8) is 0 Å². The molecule has 0 aliphatic rings. The third-order valence-corrected chi connectivity index (χ3v) is 16.2. The molecule has 2 aromatic carbocycles. The second-order valence-corrected chi connectivity index (χ2v) is 26.4. The lowest BCUT2D eigenvalue weighted by molar-refractivity contribution is 0.0544. The maximum Gasteiger partial charge on any atom is 0.355 e. The summed E-state index contributed by atoms with van der Waals surface area (Å²) in [6.07, 6.45) is 3.19. The zero-order chi connectivity index (χ0) is 36.9. The van der Waals surface area contributed by atoms with E-state index in [1.165, 1.54) is 7.11 Å². The third kappa shape index (κ3) is 9.48. The average molecular weight is 743 g/mol. The van der Waals surface area contributed by atoms with Crippen LogP contribution in [-0.2, 0) is 52.0 Å². The van der Waals surface area contributed by atoms with E-state index in [9.17, 15) is 4.79 Å². The Morgan fingerprint density at radius 2 is 1.64 bits per heavy atom. The minimum Gasteiger partial charge on any atom is -0.497 e. The first kappa shape index (κ1) is 39.8. The van der Waals surface area contributed by atoms with Crippen LogP contribution in [0.4, 0.5) is 0 Å². The first-order chi connectivity index (χ1) is 23.5. The zero-order valence-electron chi connectivity index (χ0n) is 31.9. The van der Waals surface area contributed by atoms with Crippen molar-refractivity contribution in [3.05, 3.63) is 70.0 Å². The number of carbonyl (C=O) groups excluding carboxylic acids is 1. The number of aromatic nitrogens is 3. The predicted molar refractivity (Wildman–Crippen MR) is 208 cm³/mol. The number of hydrogen-bond acceptors (Lipinski definition) is 7. The third-order valence-electron chi connectivity index (χ3n) is 9.65. The number of aryl methyl sites for hydroxylation is 2. The molecule has 0 aliphatic carbocycles. The Morgan fingerprint density at radius 3 is 2.26 bits per heavy atom. The highest BCUT2D eigenvalue weighted by atomic mass is 35.5. The van der Waals surface area contributed by atoms with E-state index in [2.05, 4.69) is 58.6 Å². The molecule has 0 unspecified atom stereocenters. The number of ether oxygens (including phenoxy) is 4. The Morgan fingerprint density at radius 1 is 0.940 bits per heavy atom. The van der Waals surface area contributed by atoms with Gasteiger partial charge in [-0.25, -0.2) is 4.79 Å². The van der Waals surface area contributed by atoms with E-state index in [-0.39, 0.29) is 11.8 Å². The molecular weight excluding hydrogens is 686 g/mol. The monoisotopic (exact) mass is 741 g/mol. The number of carbonyl (C=O) groups is 1. The molecule has 50 heavy (non-hydrogen) atoms. The van der Waals surface area contributed by atoms with E-state index in [4.69, 9.17) is 35.0 Å². The Kier molecular flexibility index (Phi) is 13.2. The molecule has 0 radical (unpaired) electrons. The molecule has 9 nitrogen and oxygen atoms in total. The first-order valence-corrected chi connectivity index (χ1v) is 24.3. The zero-order valence-corrected chi connectivity index (χ0v) is 34.6. The Hall–Kier alpha value is -2.94. The minimum atomic E-state index is -1.93. The molecule has 2 aromatic heterocycles. The molecule has 0 saturated carbocycles. The minimum absolute atomic E-state index is 0.109. The molecule has 0 fully saturated rings. The van der Waals surface area contributed by atoms with Gasteiger partial charge in [0.25, 0.3) is 0 Å². The maximum atomic E-state index is 13.7. The molecule has 0 saturated heterocycles. The lowest BCUT2D eigenvalue weighted by atomic mass is 10.0. The first-order valence-electron chi connectivity index (χ1n) is 17.3. The largest absolute Gasteiger partial charge is 0.497 e. The van der Waals surface area contributed by atoms with Gasteiger partial charge in [-0.15, -0.1) is 0 Å². The highest BCUT2D eigenvalue weighted by Crippen LogP contribution is 2.42. The van der Waals surface area contributed by atoms with Gasteiger partial charge >= 0.3 is 5.97 Å². The fraction of sp³-hybridized carbons (Fsp3) is 0.526. The Balaban J connectivity index is 1.78. The van der Waals surface area contributed by atoms with Crippen LogP contribution >= 0.6 is 11.6 Å². The number of fused-ring (bicyclic) bond motifs is 1. The van der Waals surface area contributed by atoms with Crippen molar-refractivity contribution in [3.8, 4) is 17.0 Å². The van der Waals surface area contributed by atoms with E-state index in [1.54, 1.807) is 7.11 Å². The molecule has 12 heteroatoms. The highest BCUT2D eigenvalue weighted by Gasteiger charge is 2.37. The number of nitrogens with zero attached hydrogens (tertiary/aromatic N) is 3. The summed E-state index contributed by atoms with van der Waals surface area (Å²) >= 11 is 7.11. The standard InChI is InChI=1S/C38H56ClN3O6Si2/c1-38(2,3)50(10,11)48-20-12-13-30-31-18-19-32(39)33(35(31)42(36(30)37(43)45-6)26-46-21-22-49(7,8)9)34-28(23-40-41(34)4)25-47-24-27-14-16-29(44-5)17-15-27/h14-19,23H,12-13,20-22,24-26H2,1-11H3. The fourth-order valence-electron chi connectivity index (χ4n) is 5.67. The summed E-state index contributed by atoms with van der Waals surface area (Å²) in [5.74, 6) is 0.387. The Labute approximate surface area is 305 Å². The molecule has 0 bridgehead atoms. The van der Waals surface area contributed by atoms with Gasteiger partial charge < -0.3 is 27.9 Å². The van der Waals surface area contributed by atoms with Gasteiger partial charge in [-0.05, 0) is 66.3 Å². The number of halogens is 1. The summed E-state index contributed by atoms with van der Waals surface area (Å²) in [6.45, 7) is 20.3. The molecule has 274 valence electrons. The van der Waals surface area contributed by atoms with Crippen LogP contribution in [0.15, 0.2) is 42.6 Å². The van der Waals surface area contributed by atoms with Gasteiger partial charge in [0.2, 0.25) is 0 Å². The average Bonchev–Trinajstić information content (AvgIpc) is 3.57. The second kappa shape index (κ2) is 16.6. The van der Waals surface area contributed by atoms with E-state index in [0.29, 0.717) is 43.6 Å². The van der Waals surface area contributed by atoms with Gasteiger partial charge in [0.1, 0.15) is 18.2 Å². The maximum absolute atomic E-state index is 13.7.